The van der Waals surface area contributed by atoms with Gasteiger partial charge >= 0.3 is 5.97 Å². The molecule has 3 N–H and O–H groups in total. The predicted molar refractivity (Wildman–Crippen MR) is 181 cm³/mol. The molecule has 0 aliphatic carbocycles. The molecule has 2 aliphatic heterocycles. The minimum absolute atomic E-state index is 0.0103. The monoisotopic (exact) mass is 1020 g/mol. The largest absolute Gasteiger partial charge is 0.480 e. The van der Waals surface area contributed by atoms with Crippen molar-refractivity contribution in [2.24, 2.45) is 5.73 Å². The van der Waals surface area contributed by atoms with Crippen molar-refractivity contribution in [3.05, 3.63) is 0 Å². The third-order valence-electron chi connectivity index (χ3n) is 5.10. The zero-order valence-corrected chi connectivity index (χ0v) is 30.2. The quantitative estimate of drug-likeness (QED) is 0.215. The van der Waals surface area contributed by atoms with Crippen LogP contribution in [0.4, 0.5) is 0 Å². The Balaban J connectivity index is 0. The van der Waals surface area contributed by atoms with E-state index in [0.717, 1.165) is 21.2 Å². The summed E-state index contributed by atoms with van der Waals surface area (Å²) in [5, 5.41) is 8.69. The minimum Gasteiger partial charge on any atom is -0.480 e. The normalized spacial score (nSPS) is 24.7. The first-order valence-corrected chi connectivity index (χ1v) is 16.1. The average Bonchev–Trinajstić information content (AvgIpc) is 3.30. The molecule has 0 bridgehead atoms. The molecule has 11 heteroatoms. The number of carbonyl (C=O) groups is 2. The maximum absolute atomic E-state index is 10.8. The maximum atomic E-state index is 10.8. The van der Waals surface area contributed by atoms with Crippen molar-refractivity contribution < 1.29 is 14.7 Å². The second kappa shape index (κ2) is 19.7. The van der Waals surface area contributed by atoms with E-state index in [0.29, 0.717) is 5.86 Å². The number of halogens is 5. The molecule has 190 valence electrons. The number of carboxylic acids is 1. The van der Waals surface area contributed by atoms with Gasteiger partial charge in [0.2, 0.25) is 5.91 Å². The van der Waals surface area contributed by atoms with Crippen LogP contribution in [0.5, 0.6) is 0 Å². The van der Waals surface area contributed by atoms with Gasteiger partial charge in [0.25, 0.3) is 0 Å². The van der Waals surface area contributed by atoms with Gasteiger partial charge in [-0.05, 0) is 52.6 Å². The first-order valence-electron chi connectivity index (χ1n) is 10.4. The molecule has 0 saturated carbocycles. The lowest BCUT2D eigenvalue weighted by molar-refractivity contribution is -0.141. The van der Waals surface area contributed by atoms with Gasteiger partial charge in [-0.25, -0.2) is 0 Å². The summed E-state index contributed by atoms with van der Waals surface area (Å²) in [6, 6.07) is -0.435. The first kappa shape index (κ1) is 36.8. The molecular formula is C22H34I5N3O3. The number of alkyl halides is 5. The van der Waals surface area contributed by atoms with Crippen LogP contribution in [0, 0.1) is 24.7 Å². The lowest BCUT2D eigenvalue weighted by atomic mass is 10.2. The molecule has 4 atom stereocenters. The highest BCUT2D eigenvalue weighted by atomic mass is 127. The van der Waals surface area contributed by atoms with Crippen LogP contribution in [0.2, 0.25) is 0 Å². The third kappa shape index (κ3) is 16.9. The van der Waals surface area contributed by atoms with Crippen LogP contribution < -0.4 is 5.73 Å². The Labute approximate surface area is 268 Å². The number of rotatable bonds is 4. The number of hydrogen-bond acceptors (Lipinski definition) is 4. The summed E-state index contributed by atoms with van der Waals surface area (Å²) in [7, 11) is 3.60. The van der Waals surface area contributed by atoms with Crippen LogP contribution in [0.3, 0.4) is 0 Å². The molecule has 2 heterocycles. The Bertz CT molecular complexity index is 628. The molecule has 6 nitrogen and oxygen atoms in total. The summed E-state index contributed by atoms with van der Waals surface area (Å²) < 4.78 is 1.28. The number of carboxylic acid groups (broad SMARTS) is 1. The smallest absolute Gasteiger partial charge is 0.320 e. The van der Waals surface area contributed by atoms with Crippen molar-refractivity contribution in [3.63, 3.8) is 0 Å². The summed E-state index contributed by atoms with van der Waals surface area (Å²) in [5.74, 6) is 4.13. The van der Waals surface area contributed by atoms with E-state index in [1.54, 1.807) is 11.9 Å². The number of likely N-dealkylation sites (N-methyl/N-ethyl adjacent to an activating group) is 2. The van der Waals surface area contributed by atoms with Gasteiger partial charge in [-0.2, -0.15) is 0 Å². The van der Waals surface area contributed by atoms with Gasteiger partial charge in [-0.15, -0.1) is 12.8 Å². The van der Waals surface area contributed by atoms with E-state index in [2.05, 4.69) is 139 Å². The lowest BCUT2D eigenvalue weighted by Crippen LogP contribution is -2.40. The summed E-state index contributed by atoms with van der Waals surface area (Å²) in [4.78, 5) is 25.0. The van der Waals surface area contributed by atoms with Gasteiger partial charge in [-0.1, -0.05) is 139 Å². The van der Waals surface area contributed by atoms with Crippen molar-refractivity contribution in [2.45, 2.75) is 77.9 Å². The van der Waals surface area contributed by atoms with Crippen molar-refractivity contribution in [1.29, 1.82) is 0 Å². The first-order chi connectivity index (χ1) is 15.2. The van der Waals surface area contributed by atoms with Gasteiger partial charge in [0, 0.05) is 0 Å². The molecule has 0 aromatic heterocycles. The summed E-state index contributed by atoms with van der Waals surface area (Å²) >= 11 is 12.0. The number of primary amides is 1. The van der Waals surface area contributed by atoms with E-state index in [9.17, 15) is 9.59 Å². The Morgan fingerprint density at radius 2 is 1.33 bits per heavy atom. The number of terminal acetylenes is 2. The van der Waals surface area contributed by atoms with Gasteiger partial charge in [-0.3, -0.25) is 19.4 Å². The molecule has 2 saturated heterocycles. The van der Waals surface area contributed by atoms with Crippen molar-refractivity contribution in [1.82, 2.24) is 9.80 Å². The Hall–Kier alpha value is 1.63. The molecule has 0 spiro atoms. The fourth-order valence-corrected chi connectivity index (χ4v) is 2.92. The third-order valence-corrected chi connectivity index (χ3v) is 9.15. The fourth-order valence-electron chi connectivity index (χ4n) is 2.92. The number of aliphatic carboxylic acids is 1. The summed E-state index contributed by atoms with van der Waals surface area (Å²) in [6.07, 6.45) is 16.1. The molecule has 2 aliphatic rings. The van der Waals surface area contributed by atoms with Crippen molar-refractivity contribution >= 4 is 125 Å². The number of nitrogens with zero attached hydrogens (tertiary/aromatic N) is 2. The topological polar surface area (TPSA) is 86.9 Å². The fraction of sp³-hybridized carbons (Fsp3) is 0.727. The van der Waals surface area contributed by atoms with E-state index in [1.165, 1.54) is 12.8 Å². The Morgan fingerprint density at radius 3 is 1.48 bits per heavy atom. The number of likely N-dealkylation sites (tertiary alicyclic amines) is 2. The van der Waals surface area contributed by atoms with E-state index in [-0.39, 0.29) is 30.1 Å². The second-order valence-electron chi connectivity index (χ2n) is 7.39. The molecule has 2 fully saturated rings. The molecule has 2 rings (SSSR count). The molecule has 1 amide bonds. The highest BCUT2D eigenvalue weighted by molar-refractivity contribution is 14.3. The molecule has 0 unspecified atom stereocenters. The number of carbonyl (C=O) groups excluding carboxylic acids is 1. The van der Waals surface area contributed by atoms with Crippen LogP contribution >= 0.6 is 113 Å². The second-order valence-corrected chi connectivity index (χ2v) is 24.5. The van der Waals surface area contributed by atoms with Gasteiger partial charge in [0.05, 0.1) is 20.1 Å². The standard InChI is InChI=1S/C8H12N2O.C8H11NO2.C3H5I3.C3H6I2/c1-3-6-4-5-7(8(9)11)10(6)2;1-3-6-4-5-7(8(10)11)9(6)2;1-2-3(4,5)6;1-2-3(4)5/h1,6-7H,4-5H2,2H3,(H2,9,11);1,6-7H,4-5H2,2H3,(H,10,11);2H2,1H3;3H,2H2,1H3/t2*6-,7-;;/m00../s1. The number of amides is 1. The minimum atomic E-state index is -0.773. The van der Waals surface area contributed by atoms with Crippen LogP contribution in [-0.2, 0) is 9.59 Å². The lowest BCUT2D eigenvalue weighted by Gasteiger charge is -2.19. The highest BCUT2D eigenvalue weighted by Gasteiger charge is 2.34. The van der Waals surface area contributed by atoms with Crippen molar-refractivity contribution in [2.75, 3.05) is 14.1 Å². The molecule has 0 radical (unpaired) electrons. The van der Waals surface area contributed by atoms with E-state index >= 15 is 0 Å². The van der Waals surface area contributed by atoms with Crippen molar-refractivity contribution in [3.8, 4) is 24.7 Å². The van der Waals surface area contributed by atoms with Crippen LogP contribution in [0.25, 0.3) is 0 Å². The molecule has 0 aromatic rings. The number of nitrogens with two attached hydrogens (primary N) is 1. The van der Waals surface area contributed by atoms with Crippen LogP contribution in [-0.4, -0.2) is 66.4 Å². The zero-order chi connectivity index (χ0) is 26.4. The molecular weight excluding hydrogens is 989 g/mol. The summed E-state index contributed by atoms with van der Waals surface area (Å²) in [6.45, 7) is 4.37. The van der Waals surface area contributed by atoms with Gasteiger partial charge in [0.15, 0.2) is 0 Å². The zero-order valence-electron chi connectivity index (χ0n) is 19.4. The predicted octanol–water partition coefficient (Wildman–Crippen LogP) is 5.68. The van der Waals surface area contributed by atoms with Gasteiger partial charge < -0.3 is 10.8 Å². The van der Waals surface area contributed by atoms with E-state index in [4.69, 9.17) is 23.7 Å². The summed E-state index contributed by atoms with van der Waals surface area (Å²) in [5.41, 5.74) is 5.16. The molecule has 33 heavy (non-hydrogen) atoms. The molecule has 0 aromatic carbocycles. The van der Waals surface area contributed by atoms with E-state index < -0.39 is 5.97 Å². The Kier molecular flexibility index (Phi) is 22.0. The Morgan fingerprint density at radius 1 is 1.00 bits per heavy atom. The number of hydrogen-bond donors (Lipinski definition) is 2. The highest BCUT2D eigenvalue weighted by Crippen LogP contribution is 2.38. The van der Waals surface area contributed by atoms with E-state index in [1.807, 2.05) is 11.9 Å². The average molecular weight is 1020 g/mol. The maximum Gasteiger partial charge on any atom is 0.320 e. The van der Waals surface area contributed by atoms with Crippen LogP contribution in [0.15, 0.2) is 0 Å². The van der Waals surface area contributed by atoms with Crippen LogP contribution in [0.1, 0.15) is 52.4 Å². The van der Waals surface area contributed by atoms with Gasteiger partial charge in [0.1, 0.15) is 5.48 Å². The SMILES string of the molecule is C#C[C@H]1CC[C@@H](C(=O)O)N1C.C#C[C@H]1CC[C@@H](C(N)=O)N1C.CCC(I)(I)I.CCC(I)I.